The third-order valence-corrected chi connectivity index (χ3v) is 4.52. The molecule has 2 aromatic heterocycles. The Morgan fingerprint density at radius 1 is 1.16 bits per heavy atom. The normalized spacial score (nSPS) is 10.8. The molecule has 6 heteroatoms. The zero-order chi connectivity index (χ0) is 17.2. The predicted molar refractivity (Wildman–Crippen MR) is 98.3 cm³/mol. The van der Waals surface area contributed by atoms with Gasteiger partial charge < -0.3 is 9.15 Å². The van der Waals surface area contributed by atoms with Crippen LogP contribution in [0, 0.1) is 0 Å². The van der Waals surface area contributed by atoms with Crippen molar-refractivity contribution < 1.29 is 13.9 Å². The first-order valence-electron chi connectivity index (χ1n) is 7.63. The van der Waals surface area contributed by atoms with Gasteiger partial charge >= 0.3 is 0 Å². The zero-order valence-electron chi connectivity index (χ0n) is 13.4. The molecule has 2 heterocycles. The van der Waals surface area contributed by atoms with Crippen molar-refractivity contribution >= 4 is 33.3 Å². The maximum atomic E-state index is 12.4. The van der Waals surface area contributed by atoms with Crippen LogP contribution in [0.25, 0.3) is 22.2 Å². The first kappa shape index (κ1) is 15.4. The Morgan fingerprint density at radius 3 is 2.72 bits per heavy atom. The van der Waals surface area contributed by atoms with Gasteiger partial charge in [0.05, 0.1) is 12.8 Å². The number of para-hydroxylation sites is 1. The number of nitrogens with zero attached hydrogens (tertiary/aromatic N) is 1. The van der Waals surface area contributed by atoms with E-state index in [1.54, 1.807) is 13.2 Å². The number of rotatable bonds is 4. The number of methoxy groups -OCH3 is 1. The van der Waals surface area contributed by atoms with Gasteiger partial charge in [-0.1, -0.05) is 18.2 Å². The molecule has 124 valence electrons. The number of thiazole rings is 1. The average molecular weight is 350 g/mol. The quantitative estimate of drug-likeness (QED) is 0.573. The molecule has 0 saturated heterocycles. The third kappa shape index (κ3) is 3.12. The zero-order valence-corrected chi connectivity index (χ0v) is 14.2. The summed E-state index contributed by atoms with van der Waals surface area (Å²) in [5.41, 5.74) is 2.44. The Kier molecular flexibility index (Phi) is 3.95. The van der Waals surface area contributed by atoms with Crippen LogP contribution in [0.5, 0.6) is 5.75 Å². The van der Waals surface area contributed by atoms with E-state index in [1.165, 1.54) is 11.3 Å². The van der Waals surface area contributed by atoms with Gasteiger partial charge in [-0.25, -0.2) is 4.98 Å². The summed E-state index contributed by atoms with van der Waals surface area (Å²) in [7, 11) is 1.63. The summed E-state index contributed by atoms with van der Waals surface area (Å²) in [6, 6.07) is 16.8. The second-order valence-corrected chi connectivity index (χ2v) is 6.23. The van der Waals surface area contributed by atoms with Gasteiger partial charge in [0, 0.05) is 16.3 Å². The highest BCUT2D eigenvalue weighted by atomic mass is 32.1. The number of benzene rings is 2. The molecule has 25 heavy (non-hydrogen) atoms. The summed E-state index contributed by atoms with van der Waals surface area (Å²) in [5, 5.41) is 6.10. The first-order valence-corrected chi connectivity index (χ1v) is 8.51. The fourth-order valence-corrected chi connectivity index (χ4v) is 3.19. The topological polar surface area (TPSA) is 64.4 Å². The molecule has 0 saturated carbocycles. The van der Waals surface area contributed by atoms with Crippen LogP contribution in [-0.2, 0) is 0 Å². The van der Waals surface area contributed by atoms with Gasteiger partial charge in [0.15, 0.2) is 10.9 Å². The molecule has 0 aliphatic carbocycles. The third-order valence-electron chi connectivity index (χ3n) is 3.76. The minimum Gasteiger partial charge on any atom is -0.497 e. The van der Waals surface area contributed by atoms with Crippen molar-refractivity contribution in [3.8, 4) is 17.0 Å². The summed E-state index contributed by atoms with van der Waals surface area (Å²) in [5.74, 6) is 0.742. The van der Waals surface area contributed by atoms with Crippen LogP contribution in [0.1, 0.15) is 10.6 Å². The van der Waals surface area contributed by atoms with Crippen LogP contribution in [-0.4, -0.2) is 18.0 Å². The second-order valence-electron chi connectivity index (χ2n) is 5.37. The largest absolute Gasteiger partial charge is 0.497 e. The highest BCUT2D eigenvalue weighted by Crippen LogP contribution is 2.27. The van der Waals surface area contributed by atoms with Crippen LogP contribution in [0.3, 0.4) is 0 Å². The molecular weight excluding hydrogens is 336 g/mol. The Labute approximate surface area is 147 Å². The molecule has 0 spiro atoms. The van der Waals surface area contributed by atoms with Gasteiger partial charge in [0.25, 0.3) is 5.91 Å². The molecule has 0 atom stereocenters. The Morgan fingerprint density at radius 2 is 1.96 bits per heavy atom. The lowest BCUT2D eigenvalue weighted by molar-refractivity contribution is 0.0998. The molecule has 1 N–H and O–H groups in total. The number of anilines is 1. The molecule has 4 rings (SSSR count). The number of carbonyl (C=O) groups is 1. The fourth-order valence-electron chi connectivity index (χ4n) is 2.48. The van der Waals surface area contributed by atoms with E-state index in [-0.39, 0.29) is 11.7 Å². The fraction of sp³-hybridized carbons (Fsp3) is 0.0526. The van der Waals surface area contributed by atoms with Crippen LogP contribution in [0.2, 0.25) is 0 Å². The minimum atomic E-state index is -0.313. The van der Waals surface area contributed by atoms with Crippen molar-refractivity contribution in [3.63, 3.8) is 0 Å². The highest BCUT2D eigenvalue weighted by Gasteiger charge is 2.14. The van der Waals surface area contributed by atoms with Gasteiger partial charge in [0.1, 0.15) is 11.3 Å². The van der Waals surface area contributed by atoms with Gasteiger partial charge in [-0.05, 0) is 36.4 Å². The van der Waals surface area contributed by atoms with Crippen LogP contribution < -0.4 is 10.1 Å². The van der Waals surface area contributed by atoms with E-state index in [1.807, 2.05) is 53.9 Å². The summed E-state index contributed by atoms with van der Waals surface area (Å²) < 4.78 is 10.7. The summed E-state index contributed by atoms with van der Waals surface area (Å²) >= 11 is 1.37. The maximum Gasteiger partial charge on any atom is 0.293 e. The van der Waals surface area contributed by atoms with E-state index < -0.39 is 0 Å². The summed E-state index contributed by atoms with van der Waals surface area (Å²) in [4.78, 5) is 16.8. The van der Waals surface area contributed by atoms with Crippen LogP contribution in [0.15, 0.2) is 64.4 Å². The molecule has 0 fully saturated rings. The first-order chi connectivity index (χ1) is 12.2. The van der Waals surface area contributed by atoms with E-state index in [0.29, 0.717) is 10.7 Å². The number of hydrogen-bond acceptors (Lipinski definition) is 5. The van der Waals surface area contributed by atoms with Gasteiger partial charge in [-0.15, -0.1) is 11.3 Å². The molecule has 1 amide bonds. The van der Waals surface area contributed by atoms with Crippen molar-refractivity contribution in [1.82, 2.24) is 4.98 Å². The number of carbonyl (C=O) groups excluding carboxylic acids is 1. The number of nitrogens with one attached hydrogen (secondary N) is 1. The van der Waals surface area contributed by atoms with Crippen LogP contribution >= 0.6 is 11.3 Å². The summed E-state index contributed by atoms with van der Waals surface area (Å²) in [6.07, 6.45) is 0. The Bertz CT molecular complexity index is 1000. The molecule has 4 aromatic rings. The lowest BCUT2D eigenvalue weighted by Crippen LogP contribution is -2.10. The van der Waals surface area contributed by atoms with E-state index in [0.717, 1.165) is 22.4 Å². The van der Waals surface area contributed by atoms with Gasteiger partial charge in [-0.2, -0.15) is 0 Å². The van der Waals surface area contributed by atoms with Crippen LogP contribution in [0.4, 0.5) is 5.13 Å². The van der Waals surface area contributed by atoms with E-state index >= 15 is 0 Å². The van der Waals surface area contributed by atoms with Crippen molar-refractivity contribution in [2.75, 3.05) is 12.4 Å². The maximum absolute atomic E-state index is 12.4. The molecule has 0 unspecified atom stereocenters. The summed E-state index contributed by atoms with van der Waals surface area (Å²) in [6.45, 7) is 0. The smallest absolute Gasteiger partial charge is 0.293 e. The molecule has 0 aliphatic rings. The van der Waals surface area contributed by atoms with Crippen molar-refractivity contribution in [1.29, 1.82) is 0 Å². The van der Waals surface area contributed by atoms with Crippen molar-refractivity contribution in [2.24, 2.45) is 0 Å². The molecule has 0 radical (unpaired) electrons. The number of amides is 1. The SMILES string of the molecule is COc1ccc(-c2csc(NC(=O)c3cc4ccccc4o3)n2)cc1. The number of hydrogen-bond donors (Lipinski definition) is 1. The highest BCUT2D eigenvalue weighted by molar-refractivity contribution is 7.14. The second kappa shape index (κ2) is 6.41. The van der Waals surface area contributed by atoms with E-state index in [9.17, 15) is 4.79 Å². The van der Waals surface area contributed by atoms with E-state index in [2.05, 4.69) is 10.3 Å². The molecular formula is C19H14N2O3S. The molecule has 5 nitrogen and oxygen atoms in total. The Hall–Kier alpha value is -3.12. The number of fused-ring (bicyclic) bond motifs is 1. The number of furan rings is 1. The minimum absolute atomic E-state index is 0.266. The van der Waals surface area contributed by atoms with Gasteiger partial charge in [0.2, 0.25) is 0 Å². The average Bonchev–Trinajstić information content (AvgIpc) is 3.28. The Balaban J connectivity index is 1.52. The van der Waals surface area contributed by atoms with Crippen molar-refractivity contribution in [2.45, 2.75) is 0 Å². The molecule has 0 bridgehead atoms. The predicted octanol–water partition coefficient (Wildman–Crippen LogP) is 4.82. The lowest BCUT2D eigenvalue weighted by Gasteiger charge is -2.00. The van der Waals surface area contributed by atoms with Crippen molar-refractivity contribution in [3.05, 3.63) is 65.7 Å². The van der Waals surface area contributed by atoms with E-state index in [4.69, 9.17) is 9.15 Å². The number of ether oxygens (including phenoxy) is 1. The standard InChI is InChI=1S/C19H14N2O3S/c1-23-14-8-6-12(7-9-14)15-11-25-19(20-15)21-18(22)17-10-13-4-2-3-5-16(13)24-17/h2-11H,1H3,(H,20,21,22). The molecule has 0 aliphatic heterocycles. The molecule has 2 aromatic carbocycles. The van der Waals surface area contributed by atoms with Gasteiger partial charge in [-0.3, -0.25) is 10.1 Å². The lowest BCUT2D eigenvalue weighted by atomic mass is 10.2. The number of aromatic nitrogens is 1. The monoisotopic (exact) mass is 350 g/mol.